The van der Waals surface area contributed by atoms with E-state index in [9.17, 15) is 18.0 Å². The molecule has 3 nitrogen and oxygen atoms in total. The fourth-order valence-corrected chi connectivity index (χ4v) is 2.08. The van der Waals surface area contributed by atoms with Crippen molar-refractivity contribution in [2.45, 2.75) is 25.4 Å². The van der Waals surface area contributed by atoms with Crippen molar-refractivity contribution in [2.24, 2.45) is 0 Å². The van der Waals surface area contributed by atoms with Gasteiger partial charge in [-0.25, -0.2) is 0 Å². The van der Waals surface area contributed by atoms with E-state index in [0.717, 1.165) is 24.1 Å². The lowest BCUT2D eigenvalue weighted by atomic mass is 10.1. The van der Waals surface area contributed by atoms with Gasteiger partial charge in [-0.15, -0.1) is 0 Å². The number of rotatable bonds is 6. The summed E-state index contributed by atoms with van der Waals surface area (Å²) in [6.07, 6.45) is 0.203. The molecule has 2 aromatic rings. The summed E-state index contributed by atoms with van der Waals surface area (Å²) in [6, 6.07) is 8.46. The lowest BCUT2D eigenvalue weighted by molar-refractivity contribution is -0.143. The predicted molar refractivity (Wildman–Crippen MR) is 78.7 cm³/mol. The second kappa shape index (κ2) is 7.76. The second-order valence-corrected chi connectivity index (χ2v) is 5.06. The van der Waals surface area contributed by atoms with Crippen LogP contribution in [-0.2, 0) is 28.5 Å². The number of carbonyl (C=O) groups excluding carboxylic acids is 1. The van der Waals surface area contributed by atoms with Crippen molar-refractivity contribution >= 4 is 5.97 Å². The molecule has 0 amide bonds. The molecular weight excluding hydrogens is 307 g/mol. The summed E-state index contributed by atoms with van der Waals surface area (Å²) in [6.45, 7) is 0.229. The minimum Gasteiger partial charge on any atom is -0.465 e. The van der Waals surface area contributed by atoms with Gasteiger partial charge in [0.15, 0.2) is 0 Å². The molecule has 0 aliphatic rings. The van der Waals surface area contributed by atoms with Crippen LogP contribution in [-0.4, -0.2) is 17.6 Å². The number of halogens is 3. The number of pyridine rings is 1. The normalized spacial score (nSPS) is 11.3. The van der Waals surface area contributed by atoms with E-state index in [1.165, 1.54) is 12.1 Å². The van der Waals surface area contributed by atoms with E-state index in [4.69, 9.17) is 4.74 Å². The van der Waals surface area contributed by atoms with E-state index >= 15 is 0 Å². The van der Waals surface area contributed by atoms with Crippen LogP contribution in [0.1, 0.15) is 23.1 Å². The van der Waals surface area contributed by atoms with Crippen LogP contribution >= 0.6 is 0 Å². The van der Waals surface area contributed by atoms with Gasteiger partial charge in [0.25, 0.3) is 0 Å². The number of hydrogen-bond acceptors (Lipinski definition) is 3. The van der Waals surface area contributed by atoms with Gasteiger partial charge in [-0.3, -0.25) is 9.78 Å². The molecule has 6 heteroatoms. The van der Waals surface area contributed by atoms with E-state index in [2.05, 4.69) is 4.98 Å². The van der Waals surface area contributed by atoms with Gasteiger partial charge in [0.2, 0.25) is 0 Å². The van der Waals surface area contributed by atoms with Crippen LogP contribution in [0.15, 0.2) is 48.8 Å². The van der Waals surface area contributed by atoms with Gasteiger partial charge < -0.3 is 4.74 Å². The number of hydrogen-bond donors (Lipinski definition) is 0. The highest BCUT2D eigenvalue weighted by Crippen LogP contribution is 2.29. The van der Waals surface area contributed by atoms with Crippen molar-refractivity contribution in [3.8, 4) is 0 Å². The van der Waals surface area contributed by atoms with E-state index in [0.29, 0.717) is 6.42 Å². The molecule has 0 fully saturated rings. The van der Waals surface area contributed by atoms with Crippen molar-refractivity contribution in [1.29, 1.82) is 0 Å². The highest BCUT2D eigenvalue weighted by molar-refractivity contribution is 5.72. The van der Waals surface area contributed by atoms with Crippen LogP contribution in [0.3, 0.4) is 0 Å². The average Bonchev–Trinajstić information content (AvgIpc) is 2.52. The van der Waals surface area contributed by atoms with Gasteiger partial charge in [0, 0.05) is 12.4 Å². The molecule has 23 heavy (non-hydrogen) atoms. The smallest absolute Gasteiger partial charge is 0.416 e. The Kier molecular flexibility index (Phi) is 5.73. The molecule has 0 aliphatic heterocycles. The molecule has 122 valence electrons. The highest BCUT2D eigenvalue weighted by Gasteiger charge is 2.30. The van der Waals surface area contributed by atoms with Gasteiger partial charge in [0.05, 0.1) is 18.6 Å². The summed E-state index contributed by atoms with van der Waals surface area (Å²) < 4.78 is 42.8. The Balaban J connectivity index is 1.77. The molecule has 0 aliphatic carbocycles. The molecule has 0 spiro atoms. The van der Waals surface area contributed by atoms with Gasteiger partial charge in [-0.05, 0) is 36.1 Å². The molecule has 0 unspecified atom stereocenters. The minimum atomic E-state index is -4.41. The Morgan fingerprint density at radius 1 is 1.13 bits per heavy atom. The first-order valence-electron chi connectivity index (χ1n) is 7.16. The van der Waals surface area contributed by atoms with Crippen molar-refractivity contribution in [2.75, 3.05) is 6.61 Å². The van der Waals surface area contributed by atoms with Crippen molar-refractivity contribution in [1.82, 2.24) is 4.98 Å². The molecule has 2 rings (SSSR count). The predicted octanol–water partition coefficient (Wildman–Crippen LogP) is 3.82. The third kappa shape index (κ3) is 5.73. The zero-order valence-electron chi connectivity index (χ0n) is 12.3. The van der Waals surface area contributed by atoms with Crippen molar-refractivity contribution in [3.63, 3.8) is 0 Å². The zero-order valence-corrected chi connectivity index (χ0v) is 12.3. The summed E-state index contributed by atoms with van der Waals surface area (Å²) in [7, 11) is 0. The van der Waals surface area contributed by atoms with E-state index in [1.807, 2.05) is 12.1 Å². The Labute approximate surface area is 132 Å². The molecule has 0 saturated heterocycles. The maximum Gasteiger partial charge on any atom is 0.416 e. The van der Waals surface area contributed by atoms with Gasteiger partial charge in [-0.1, -0.05) is 24.3 Å². The van der Waals surface area contributed by atoms with Crippen LogP contribution in [0.25, 0.3) is 0 Å². The van der Waals surface area contributed by atoms with Gasteiger partial charge >= 0.3 is 12.1 Å². The fourth-order valence-electron chi connectivity index (χ4n) is 2.08. The largest absolute Gasteiger partial charge is 0.465 e. The molecule has 0 N–H and O–H groups in total. The molecular formula is C17H16F3NO2. The Hall–Kier alpha value is -2.37. The SMILES string of the molecule is O=C(Cc1cccc(C(F)(F)F)c1)OCCCc1cccnc1. The number of benzene rings is 1. The number of nitrogens with zero attached hydrogens (tertiary/aromatic N) is 1. The van der Waals surface area contributed by atoms with Crippen LogP contribution in [0, 0.1) is 0 Å². The van der Waals surface area contributed by atoms with Crippen LogP contribution in [0.2, 0.25) is 0 Å². The minimum absolute atomic E-state index is 0.170. The summed E-state index contributed by atoms with van der Waals surface area (Å²) >= 11 is 0. The lowest BCUT2D eigenvalue weighted by Gasteiger charge is -2.09. The van der Waals surface area contributed by atoms with Crippen molar-refractivity contribution in [3.05, 3.63) is 65.5 Å². The highest BCUT2D eigenvalue weighted by atomic mass is 19.4. The Morgan fingerprint density at radius 2 is 1.91 bits per heavy atom. The molecule has 1 aromatic carbocycles. The van der Waals surface area contributed by atoms with Crippen molar-refractivity contribution < 1.29 is 22.7 Å². The number of esters is 1. The molecule has 0 bridgehead atoms. The first-order chi connectivity index (χ1) is 10.9. The van der Waals surface area contributed by atoms with E-state index in [-0.39, 0.29) is 18.6 Å². The molecule has 0 radical (unpaired) electrons. The molecule has 0 saturated carbocycles. The van der Waals surface area contributed by atoms with E-state index in [1.54, 1.807) is 12.4 Å². The van der Waals surface area contributed by atoms with Crippen LogP contribution in [0.5, 0.6) is 0 Å². The average molecular weight is 323 g/mol. The number of aryl methyl sites for hydroxylation is 1. The summed E-state index contributed by atoms with van der Waals surface area (Å²) in [4.78, 5) is 15.7. The molecule has 1 aromatic heterocycles. The second-order valence-electron chi connectivity index (χ2n) is 5.06. The summed E-state index contributed by atoms with van der Waals surface area (Å²) in [5, 5.41) is 0. The van der Waals surface area contributed by atoms with Gasteiger partial charge in [0.1, 0.15) is 0 Å². The fraction of sp³-hybridized carbons (Fsp3) is 0.294. The summed E-state index contributed by atoms with van der Waals surface area (Å²) in [5.74, 6) is -0.532. The third-order valence-corrected chi connectivity index (χ3v) is 3.20. The van der Waals surface area contributed by atoms with E-state index < -0.39 is 17.7 Å². The molecule has 0 atom stereocenters. The number of carbonyl (C=O) groups is 1. The number of alkyl halides is 3. The van der Waals surface area contributed by atoms with Gasteiger partial charge in [-0.2, -0.15) is 13.2 Å². The monoisotopic (exact) mass is 323 g/mol. The maximum absolute atomic E-state index is 12.6. The summed E-state index contributed by atoms with van der Waals surface area (Å²) in [5.41, 5.74) is 0.567. The standard InChI is InChI=1S/C17H16F3NO2/c18-17(19,20)15-7-1-4-14(10-15)11-16(22)23-9-3-6-13-5-2-8-21-12-13/h1-2,4-5,7-8,10,12H,3,6,9,11H2. The number of ether oxygens (including phenoxy) is 1. The third-order valence-electron chi connectivity index (χ3n) is 3.20. The first kappa shape index (κ1) is 17.0. The maximum atomic E-state index is 12.6. The topological polar surface area (TPSA) is 39.2 Å². The first-order valence-corrected chi connectivity index (χ1v) is 7.16. The van der Waals surface area contributed by atoms with Crippen LogP contribution in [0.4, 0.5) is 13.2 Å². The Morgan fingerprint density at radius 3 is 2.61 bits per heavy atom. The zero-order chi connectivity index (χ0) is 16.7. The lowest BCUT2D eigenvalue weighted by Crippen LogP contribution is -2.11. The molecule has 1 heterocycles. The van der Waals surface area contributed by atoms with Crippen LogP contribution < -0.4 is 0 Å². The number of aromatic nitrogens is 1. The quantitative estimate of drug-likeness (QED) is 0.599. The Bertz CT molecular complexity index is 642.